The molecule has 1 aliphatic rings. The Labute approximate surface area is 288 Å². The number of ketones is 1. The summed E-state index contributed by atoms with van der Waals surface area (Å²) >= 11 is 1.52. The number of aliphatic hydroxyl groups is 1. The maximum Gasteiger partial charge on any atom is 0.321 e. The molecular weight excluding hydrogens is 651 g/mol. The molecule has 0 bridgehead atoms. The minimum atomic E-state index is -4.06. The third-order valence-electron chi connectivity index (χ3n) is 8.33. The largest absolute Gasteiger partial charge is 0.390 e. The van der Waals surface area contributed by atoms with Gasteiger partial charge in [-0.15, -0.1) is 11.3 Å². The Morgan fingerprint density at radius 1 is 1.02 bits per heavy atom. The van der Waals surface area contributed by atoms with E-state index in [0.717, 1.165) is 16.3 Å². The summed E-state index contributed by atoms with van der Waals surface area (Å²) in [4.78, 5) is 47.1. The van der Waals surface area contributed by atoms with Crippen LogP contribution in [-0.2, 0) is 27.8 Å². The second kappa shape index (κ2) is 16.2. The first-order valence-electron chi connectivity index (χ1n) is 16.3. The molecular formula is C35H47N5O6S2. The van der Waals surface area contributed by atoms with Crippen LogP contribution in [0, 0.1) is 18.8 Å². The van der Waals surface area contributed by atoms with E-state index in [1.54, 1.807) is 9.80 Å². The summed E-state index contributed by atoms with van der Waals surface area (Å²) in [6.45, 7) is 11.9. The molecule has 1 aromatic heterocycles. The van der Waals surface area contributed by atoms with E-state index in [1.807, 2.05) is 70.3 Å². The summed E-state index contributed by atoms with van der Waals surface area (Å²) < 4.78 is 28.9. The number of rotatable bonds is 16. The number of amides is 3. The zero-order valence-electron chi connectivity index (χ0n) is 28.5. The SMILES string of the molecule is CC(=O)c1ccc(S(=O)(=O)N(CC(C)C)C[C@@H](O)[C@H](Cc2ccccc2)NC(=O)[C@H](C(C)C)N2CCN(Cc3csc(C)n3)C2=O)cc1. The van der Waals surface area contributed by atoms with Crippen molar-refractivity contribution in [3.63, 3.8) is 0 Å². The molecule has 3 aromatic rings. The molecule has 4 rings (SSSR count). The van der Waals surface area contributed by atoms with Gasteiger partial charge in [0.15, 0.2) is 5.78 Å². The van der Waals surface area contributed by atoms with Crippen molar-refractivity contribution >= 4 is 39.1 Å². The summed E-state index contributed by atoms with van der Waals surface area (Å²) in [5.41, 5.74) is 2.05. The van der Waals surface area contributed by atoms with Crippen molar-refractivity contribution in [1.29, 1.82) is 0 Å². The first-order chi connectivity index (χ1) is 22.7. The highest BCUT2D eigenvalue weighted by molar-refractivity contribution is 7.89. The average Bonchev–Trinajstić information content (AvgIpc) is 3.61. The number of carbonyl (C=O) groups excluding carboxylic acids is 3. The van der Waals surface area contributed by atoms with Crippen LogP contribution in [0.4, 0.5) is 4.79 Å². The van der Waals surface area contributed by atoms with Crippen molar-refractivity contribution in [2.75, 3.05) is 26.2 Å². The number of sulfonamides is 1. The van der Waals surface area contributed by atoms with Crippen molar-refractivity contribution in [1.82, 2.24) is 24.4 Å². The van der Waals surface area contributed by atoms with E-state index in [0.29, 0.717) is 25.2 Å². The highest BCUT2D eigenvalue weighted by Gasteiger charge is 2.40. The molecule has 11 nitrogen and oxygen atoms in total. The Morgan fingerprint density at radius 3 is 2.25 bits per heavy atom. The highest BCUT2D eigenvalue weighted by atomic mass is 32.2. The van der Waals surface area contributed by atoms with Gasteiger partial charge in [0.05, 0.1) is 34.3 Å². The minimum Gasteiger partial charge on any atom is -0.390 e. The number of urea groups is 1. The predicted molar refractivity (Wildman–Crippen MR) is 186 cm³/mol. The lowest BCUT2D eigenvalue weighted by Gasteiger charge is -2.34. The van der Waals surface area contributed by atoms with Crippen LogP contribution in [0.25, 0.3) is 0 Å². The predicted octanol–water partition coefficient (Wildman–Crippen LogP) is 4.35. The number of Topliss-reactive ketones (excluding diaryl/α,β-unsaturated/α-hetero) is 1. The van der Waals surface area contributed by atoms with Crippen molar-refractivity contribution in [3.8, 4) is 0 Å². The summed E-state index contributed by atoms with van der Waals surface area (Å²) in [5.74, 6) is -0.887. The molecule has 1 aliphatic heterocycles. The molecule has 0 radical (unpaired) electrons. The van der Waals surface area contributed by atoms with E-state index in [2.05, 4.69) is 10.3 Å². The molecule has 2 aromatic carbocycles. The fourth-order valence-electron chi connectivity index (χ4n) is 5.93. The van der Waals surface area contributed by atoms with Crippen molar-refractivity contribution < 1.29 is 27.9 Å². The molecule has 3 amide bonds. The molecule has 2 N–H and O–H groups in total. The zero-order valence-corrected chi connectivity index (χ0v) is 30.1. The van der Waals surface area contributed by atoms with Crippen LogP contribution < -0.4 is 5.32 Å². The molecule has 1 fully saturated rings. The van der Waals surface area contributed by atoms with Gasteiger partial charge in [0.2, 0.25) is 15.9 Å². The third-order valence-corrected chi connectivity index (χ3v) is 11.0. The summed E-state index contributed by atoms with van der Waals surface area (Å²) in [5, 5.41) is 17.6. The normalized spacial score (nSPS) is 15.8. The quantitative estimate of drug-likeness (QED) is 0.212. The van der Waals surface area contributed by atoms with Gasteiger partial charge < -0.3 is 20.2 Å². The van der Waals surface area contributed by atoms with Crippen LogP contribution in [0.5, 0.6) is 0 Å². The third kappa shape index (κ3) is 9.28. The number of aliphatic hydroxyl groups excluding tert-OH is 1. The monoisotopic (exact) mass is 697 g/mol. The average molecular weight is 698 g/mol. The minimum absolute atomic E-state index is 0.00813. The van der Waals surface area contributed by atoms with Crippen LogP contribution in [0.2, 0.25) is 0 Å². The molecule has 0 spiro atoms. The summed E-state index contributed by atoms with van der Waals surface area (Å²) in [6, 6.07) is 13.2. The van der Waals surface area contributed by atoms with Crippen LogP contribution in [0.3, 0.4) is 0 Å². The maximum absolute atomic E-state index is 14.1. The number of hydrogen-bond acceptors (Lipinski definition) is 8. The Kier molecular flexibility index (Phi) is 12.5. The molecule has 13 heteroatoms. The van der Waals surface area contributed by atoms with E-state index < -0.39 is 34.1 Å². The Hall–Kier alpha value is -3.65. The second-order valence-corrected chi connectivity index (χ2v) is 16.1. The van der Waals surface area contributed by atoms with Crippen molar-refractivity contribution in [2.45, 2.75) is 77.6 Å². The fourth-order valence-corrected chi connectivity index (χ4v) is 8.16. The van der Waals surface area contributed by atoms with Gasteiger partial charge in [0.1, 0.15) is 6.04 Å². The molecule has 0 unspecified atom stereocenters. The lowest BCUT2D eigenvalue weighted by atomic mass is 9.97. The summed E-state index contributed by atoms with van der Waals surface area (Å²) in [7, 11) is -4.06. The number of aromatic nitrogens is 1. The van der Waals surface area contributed by atoms with Gasteiger partial charge in [0.25, 0.3) is 0 Å². The van der Waals surface area contributed by atoms with Gasteiger partial charge in [-0.2, -0.15) is 4.31 Å². The number of benzene rings is 2. The van der Waals surface area contributed by atoms with E-state index in [-0.39, 0.29) is 48.1 Å². The first-order valence-corrected chi connectivity index (χ1v) is 18.6. The Balaban J connectivity index is 1.57. The topological polar surface area (TPSA) is 140 Å². The Bertz CT molecular complexity index is 1660. The molecule has 260 valence electrons. The van der Waals surface area contributed by atoms with Gasteiger partial charge in [-0.05, 0) is 49.8 Å². The van der Waals surface area contributed by atoms with Crippen molar-refractivity contribution in [3.05, 3.63) is 81.8 Å². The molecule has 48 heavy (non-hydrogen) atoms. The number of hydrogen-bond donors (Lipinski definition) is 2. The smallest absolute Gasteiger partial charge is 0.321 e. The van der Waals surface area contributed by atoms with Crippen LogP contribution in [0.1, 0.15) is 61.2 Å². The lowest BCUT2D eigenvalue weighted by Crippen LogP contribution is -2.57. The molecule has 0 saturated carbocycles. The molecule has 3 atom stereocenters. The van der Waals surface area contributed by atoms with Crippen LogP contribution in [0.15, 0.2) is 64.9 Å². The number of carbonyl (C=O) groups is 3. The zero-order chi connectivity index (χ0) is 35.2. The molecule has 2 heterocycles. The number of nitrogens with one attached hydrogen (secondary N) is 1. The van der Waals surface area contributed by atoms with Gasteiger partial charge in [-0.1, -0.05) is 70.2 Å². The standard InChI is InChI=1S/C35H47N5O6S2/c1-23(2)19-39(48(45,46)30-14-12-28(13-15-30)25(5)41)21-32(42)31(18-27-10-8-7-9-11-27)37-34(43)33(24(3)4)40-17-16-38(35(40)44)20-29-22-47-26(6)36-29/h7-15,22-24,31-33,42H,16-21H2,1-6H3,(H,37,43)/t31-,32+,33-/m0/s1. The van der Waals surface area contributed by atoms with E-state index in [4.69, 9.17) is 0 Å². The van der Waals surface area contributed by atoms with E-state index in [1.165, 1.54) is 46.8 Å². The number of thiazole rings is 1. The maximum atomic E-state index is 14.1. The van der Waals surface area contributed by atoms with Gasteiger partial charge in [-0.3, -0.25) is 9.59 Å². The highest BCUT2D eigenvalue weighted by Crippen LogP contribution is 2.23. The number of nitrogens with zero attached hydrogens (tertiary/aromatic N) is 4. The molecule has 1 saturated heterocycles. The second-order valence-electron chi connectivity index (χ2n) is 13.1. The van der Waals surface area contributed by atoms with E-state index in [9.17, 15) is 27.9 Å². The van der Waals surface area contributed by atoms with Crippen LogP contribution in [-0.4, -0.2) is 94.7 Å². The molecule has 0 aliphatic carbocycles. The van der Waals surface area contributed by atoms with Gasteiger partial charge >= 0.3 is 6.03 Å². The van der Waals surface area contributed by atoms with Crippen molar-refractivity contribution in [2.24, 2.45) is 11.8 Å². The number of aryl methyl sites for hydroxylation is 1. The summed E-state index contributed by atoms with van der Waals surface area (Å²) in [6.07, 6.45) is -1.05. The lowest BCUT2D eigenvalue weighted by molar-refractivity contribution is -0.128. The Morgan fingerprint density at radius 2 is 1.69 bits per heavy atom. The van der Waals surface area contributed by atoms with Gasteiger partial charge in [-0.25, -0.2) is 18.2 Å². The van der Waals surface area contributed by atoms with E-state index >= 15 is 0 Å². The first kappa shape index (κ1) is 37.2. The van der Waals surface area contributed by atoms with Gasteiger partial charge in [0, 0.05) is 37.1 Å². The van der Waals surface area contributed by atoms with Crippen LogP contribution >= 0.6 is 11.3 Å². The fraction of sp³-hybridized carbons (Fsp3) is 0.486.